The van der Waals surface area contributed by atoms with Gasteiger partial charge in [-0.25, -0.2) is 0 Å². The summed E-state index contributed by atoms with van der Waals surface area (Å²) in [6, 6.07) is 10.4. The Morgan fingerprint density at radius 2 is 2.07 bits per heavy atom. The van der Waals surface area contributed by atoms with E-state index in [9.17, 15) is 9.59 Å². The average molecular weight is 366 g/mol. The average Bonchev–Trinajstić information content (AvgIpc) is 3.26. The van der Waals surface area contributed by atoms with Gasteiger partial charge in [-0.15, -0.1) is 0 Å². The fourth-order valence-corrected chi connectivity index (χ4v) is 4.27. The van der Waals surface area contributed by atoms with Crippen LogP contribution in [-0.4, -0.2) is 35.5 Å². The van der Waals surface area contributed by atoms with Crippen LogP contribution in [0.3, 0.4) is 0 Å². The van der Waals surface area contributed by atoms with E-state index in [0.29, 0.717) is 19.6 Å². The number of nitrogens with zero attached hydrogens (tertiary/aromatic N) is 1. The zero-order valence-corrected chi connectivity index (χ0v) is 15.8. The van der Waals surface area contributed by atoms with Gasteiger partial charge in [-0.05, 0) is 37.3 Å². The van der Waals surface area contributed by atoms with E-state index in [2.05, 4.69) is 22.0 Å². The van der Waals surface area contributed by atoms with Crippen molar-refractivity contribution in [3.8, 4) is 0 Å². The molecular weight excluding hydrogens is 340 g/mol. The normalized spacial score (nSPS) is 19.1. The van der Waals surface area contributed by atoms with Crippen LogP contribution in [0.2, 0.25) is 0 Å². The third-order valence-corrected chi connectivity index (χ3v) is 5.67. The second-order valence-corrected chi connectivity index (χ2v) is 7.54. The number of ether oxygens (including phenoxy) is 1. The van der Waals surface area contributed by atoms with Gasteiger partial charge in [-0.2, -0.15) is 0 Å². The van der Waals surface area contributed by atoms with E-state index in [1.165, 1.54) is 5.56 Å². The number of amides is 1. The molecule has 1 aliphatic carbocycles. The molecule has 5 nitrogen and oxygen atoms in total. The number of fused-ring (bicyclic) bond motifs is 1. The molecule has 0 radical (unpaired) electrons. The zero-order chi connectivity index (χ0) is 18.8. The van der Waals surface area contributed by atoms with Crippen molar-refractivity contribution in [2.24, 2.45) is 0 Å². The summed E-state index contributed by atoms with van der Waals surface area (Å²) in [5.74, 6) is 0.157. The van der Waals surface area contributed by atoms with E-state index in [0.717, 1.165) is 48.3 Å². The number of carbonyl (C=O) groups excluding carboxylic acids is 2. The Kier molecular flexibility index (Phi) is 5.12. The molecule has 2 aliphatic rings. The Morgan fingerprint density at radius 1 is 1.26 bits per heavy atom. The van der Waals surface area contributed by atoms with Gasteiger partial charge >= 0.3 is 0 Å². The lowest BCUT2D eigenvalue weighted by atomic mass is 9.92. The number of aromatic nitrogens is 1. The molecule has 1 fully saturated rings. The highest BCUT2D eigenvalue weighted by atomic mass is 16.5. The summed E-state index contributed by atoms with van der Waals surface area (Å²) in [5.41, 5.74) is 5.04. The molecular formula is C22H26N2O3. The first kappa shape index (κ1) is 18.0. The molecule has 1 aromatic heterocycles. The molecule has 27 heavy (non-hydrogen) atoms. The number of nitrogens with one attached hydrogen (secondary N) is 1. The summed E-state index contributed by atoms with van der Waals surface area (Å²) in [6.07, 6.45) is 3.48. The molecule has 0 saturated carbocycles. The van der Waals surface area contributed by atoms with Crippen molar-refractivity contribution in [3.63, 3.8) is 0 Å². The molecule has 2 heterocycles. The molecule has 0 bridgehead atoms. The highest BCUT2D eigenvalue weighted by molar-refractivity contribution is 6.01. The van der Waals surface area contributed by atoms with Gasteiger partial charge in [0.15, 0.2) is 5.78 Å². The van der Waals surface area contributed by atoms with Crippen molar-refractivity contribution in [1.82, 2.24) is 9.88 Å². The second-order valence-electron chi connectivity index (χ2n) is 7.54. The van der Waals surface area contributed by atoms with E-state index in [4.69, 9.17) is 4.74 Å². The van der Waals surface area contributed by atoms with Crippen molar-refractivity contribution < 1.29 is 14.3 Å². The lowest BCUT2D eigenvalue weighted by Crippen LogP contribution is -2.36. The second kappa shape index (κ2) is 7.69. The van der Waals surface area contributed by atoms with Gasteiger partial charge in [0, 0.05) is 36.5 Å². The summed E-state index contributed by atoms with van der Waals surface area (Å²) in [5, 5.41) is 3.05. The van der Waals surface area contributed by atoms with E-state index in [1.807, 2.05) is 25.1 Å². The van der Waals surface area contributed by atoms with Crippen LogP contribution in [0, 0.1) is 6.92 Å². The van der Waals surface area contributed by atoms with Crippen LogP contribution in [0.5, 0.6) is 0 Å². The van der Waals surface area contributed by atoms with E-state index >= 15 is 0 Å². The van der Waals surface area contributed by atoms with Crippen LogP contribution >= 0.6 is 0 Å². The Morgan fingerprint density at radius 3 is 2.81 bits per heavy atom. The molecule has 4 rings (SSSR count). The van der Waals surface area contributed by atoms with Crippen molar-refractivity contribution in [3.05, 3.63) is 58.4 Å². The largest absolute Gasteiger partial charge is 0.379 e. The number of Topliss-reactive ketones (excluding diaryl/α,β-unsaturated/α-hetero) is 1. The first-order valence-electron chi connectivity index (χ1n) is 9.78. The summed E-state index contributed by atoms with van der Waals surface area (Å²) in [4.78, 5) is 25.3. The SMILES string of the molecule is Cc1c(CC(=O)N[C@@H]2CCOC2)c2c(n1Cc1ccccc1)CCCC2=O. The lowest BCUT2D eigenvalue weighted by Gasteiger charge is -2.16. The van der Waals surface area contributed by atoms with E-state index in [1.54, 1.807) is 0 Å². The minimum absolute atomic E-state index is 0.0216. The fraction of sp³-hybridized carbons (Fsp3) is 0.455. The topological polar surface area (TPSA) is 60.3 Å². The quantitative estimate of drug-likeness (QED) is 0.885. The minimum Gasteiger partial charge on any atom is -0.379 e. The van der Waals surface area contributed by atoms with Crippen LogP contribution in [0.4, 0.5) is 0 Å². The molecule has 1 amide bonds. The van der Waals surface area contributed by atoms with Gasteiger partial charge in [-0.3, -0.25) is 9.59 Å². The molecule has 2 aromatic rings. The molecule has 142 valence electrons. The van der Waals surface area contributed by atoms with Gasteiger partial charge in [0.1, 0.15) is 0 Å². The van der Waals surface area contributed by atoms with Gasteiger partial charge in [0.05, 0.1) is 19.1 Å². The molecule has 0 unspecified atom stereocenters. The number of ketones is 1. The Hall–Kier alpha value is -2.40. The smallest absolute Gasteiger partial charge is 0.224 e. The summed E-state index contributed by atoms with van der Waals surface area (Å²) in [6.45, 7) is 4.05. The van der Waals surface area contributed by atoms with Crippen molar-refractivity contribution in [2.45, 2.75) is 51.6 Å². The maximum absolute atomic E-state index is 12.7. The highest BCUT2D eigenvalue weighted by Gasteiger charge is 2.29. The number of rotatable bonds is 5. The summed E-state index contributed by atoms with van der Waals surface area (Å²) in [7, 11) is 0. The molecule has 0 spiro atoms. The molecule has 1 saturated heterocycles. The zero-order valence-electron chi connectivity index (χ0n) is 15.8. The van der Waals surface area contributed by atoms with E-state index < -0.39 is 0 Å². The first-order valence-corrected chi connectivity index (χ1v) is 9.78. The molecule has 1 N–H and O–H groups in total. The number of carbonyl (C=O) groups is 2. The van der Waals surface area contributed by atoms with Crippen LogP contribution in [-0.2, 0) is 28.9 Å². The number of benzene rings is 1. The number of hydrogen-bond acceptors (Lipinski definition) is 3. The summed E-state index contributed by atoms with van der Waals surface area (Å²) >= 11 is 0. The Bertz CT molecular complexity index is 848. The van der Waals surface area contributed by atoms with E-state index in [-0.39, 0.29) is 24.2 Å². The van der Waals surface area contributed by atoms with Crippen molar-refractivity contribution in [2.75, 3.05) is 13.2 Å². The lowest BCUT2D eigenvalue weighted by molar-refractivity contribution is -0.121. The maximum atomic E-state index is 12.7. The van der Waals surface area contributed by atoms with Crippen molar-refractivity contribution >= 4 is 11.7 Å². The summed E-state index contributed by atoms with van der Waals surface area (Å²) < 4.78 is 7.58. The van der Waals surface area contributed by atoms with Crippen LogP contribution in [0.1, 0.15) is 52.1 Å². The monoisotopic (exact) mass is 366 g/mol. The Labute approximate surface area is 159 Å². The van der Waals surface area contributed by atoms with Crippen LogP contribution < -0.4 is 5.32 Å². The van der Waals surface area contributed by atoms with Crippen LogP contribution in [0.15, 0.2) is 30.3 Å². The minimum atomic E-state index is -0.0216. The molecule has 1 atom stereocenters. The highest BCUT2D eigenvalue weighted by Crippen LogP contribution is 2.31. The van der Waals surface area contributed by atoms with Gasteiger partial charge in [0.25, 0.3) is 0 Å². The standard InChI is InChI=1S/C22H26N2O3/c1-15-18(12-21(26)23-17-10-11-27-14-17)22-19(8-5-9-20(22)25)24(15)13-16-6-3-2-4-7-16/h2-4,6-7,17H,5,8-14H2,1H3,(H,23,26)/t17-/m1/s1. The Balaban J connectivity index is 1.64. The molecule has 1 aromatic carbocycles. The first-order chi connectivity index (χ1) is 13.1. The third-order valence-electron chi connectivity index (χ3n) is 5.67. The predicted molar refractivity (Wildman–Crippen MR) is 103 cm³/mol. The third kappa shape index (κ3) is 3.69. The van der Waals surface area contributed by atoms with Crippen molar-refractivity contribution in [1.29, 1.82) is 0 Å². The predicted octanol–water partition coefficient (Wildman–Crippen LogP) is 2.81. The van der Waals surface area contributed by atoms with Gasteiger partial charge in [-0.1, -0.05) is 30.3 Å². The number of hydrogen-bond donors (Lipinski definition) is 1. The van der Waals surface area contributed by atoms with Gasteiger partial charge in [0.2, 0.25) is 5.91 Å². The molecule has 5 heteroatoms. The van der Waals surface area contributed by atoms with Crippen LogP contribution in [0.25, 0.3) is 0 Å². The van der Waals surface area contributed by atoms with Gasteiger partial charge < -0.3 is 14.6 Å². The fourth-order valence-electron chi connectivity index (χ4n) is 4.27. The molecule has 1 aliphatic heterocycles. The maximum Gasteiger partial charge on any atom is 0.224 e.